The van der Waals surface area contributed by atoms with Crippen molar-refractivity contribution in [2.75, 3.05) is 0 Å². The predicted molar refractivity (Wildman–Crippen MR) is 114 cm³/mol. The molecule has 0 aromatic rings. The van der Waals surface area contributed by atoms with Crippen molar-refractivity contribution in [3.63, 3.8) is 0 Å². The molecule has 1 aliphatic rings. The second kappa shape index (κ2) is 15.8. The minimum absolute atomic E-state index is 0.123. The van der Waals surface area contributed by atoms with E-state index in [1.807, 2.05) is 31.2 Å². The zero-order chi connectivity index (χ0) is 20.5. The van der Waals surface area contributed by atoms with Crippen molar-refractivity contribution in [3.8, 4) is 0 Å². The van der Waals surface area contributed by atoms with Gasteiger partial charge in [0.25, 0.3) is 0 Å². The van der Waals surface area contributed by atoms with Crippen molar-refractivity contribution in [2.45, 2.75) is 76.9 Å². The van der Waals surface area contributed by atoms with Crippen LogP contribution in [0.5, 0.6) is 0 Å². The molecule has 0 saturated heterocycles. The molecule has 0 aromatic heterocycles. The van der Waals surface area contributed by atoms with Crippen molar-refractivity contribution < 1.29 is 19.4 Å². The van der Waals surface area contributed by atoms with Gasteiger partial charge in [-0.3, -0.25) is 4.79 Å². The van der Waals surface area contributed by atoms with Gasteiger partial charge >= 0.3 is 5.97 Å². The van der Waals surface area contributed by atoms with Gasteiger partial charge in [-0.1, -0.05) is 54.7 Å². The van der Waals surface area contributed by atoms with Crippen LogP contribution in [0.15, 0.2) is 60.8 Å². The number of carbonyl (C=O) groups excluding carboxylic acids is 2. The molecule has 0 aliphatic carbocycles. The van der Waals surface area contributed by atoms with E-state index in [0.29, 0.717) is 25.0 Å². The summed E-state index contributed by atoms with van der Waals surface area (Å²) in [5.41, 5.74) is 0. The maximum Gasteiger partial charge on any atom is 0.331 e. The van der Waals surface area contributed by atoms with Crippen LogP contribution in [0, 0.1) is 0 Å². The van der Waals surface area contributed by atoms with Gasteiger partial charge in [-0.25, -0.2) is 4.79 Å². The lowest BCUT2D eigenvalue weighted by molar-refractivity contribution is -0.142. The van der Waals surface area contributed by atoms with Crippen LogP contribution >= 0.6 is 0 Å². The summed E-state index contributed by atoms with van der Waals surface area (Å²) in [7, 11) is 0. The summed E-state index contributed by atoms with van der Waals surface area (Å²) in [6.07, 6.45) is 24.4. The van der Waals surface area contributed by atoms with Crippen molar-refractivity contribution in [3.05, 3.63) is 60.8 Å². The SMILES string of the molecule is CC1CCC/C=C/CCC(=O)CCC/C=C\C=C\[C@@H](O)C/C=C/C=C\C(=O)O1. The Kier molecular flexibility index (Phi) is 13.5. The number of allylic oxidation sites excluding steroid dienone is 7. The number of aliphatic hydroxyl groups excluding tert-OH is 1. The van der Waals surface area contributed by atoms with E-state index in [4.69, 9.17) is 4.74 Å². The molecule has 4 nitrogen and oxygen atoms in total. The summed E-state index contributed by atoms with van der Waals surface area (Å²) >= 11 is 0. The number of aliphatic hydroxyl groups is 1. The lowest BCUT2D eigenvalue weighted by atomic mass is 10.1. The number of rotatable bonds is 0. The zero-order valence-electron chi connectivity index (χ0n) is 17.0. The number of ether oxygens (including phenoxy) is 1. The molecule has 0 amide bonds. The first-order valence-corrected chi connectivity index (χ1v) is 10.3. The molecular formula is C24H34O4. The van der Waals surface area contributed by atoms with E-state index < -0.39 is 6.10 Å². The summed E-state index contributed by atoms with van der Waals surface area (Å²) in [5.74, 6) is -0.0508. The van der Waals surface area contributed by atoms with Gasteiger partial charge < -0.3 is 9.84 Å². The Bertz CT molecular complexity index is 596. The molecule has 0 fully saturated rings. The zero-order valence-corrected chi connectivity index (χ0v) is 17.0. The van der Waals surface area contributed by atoms with Crippen LogP contribution in [0.25, 0.3) is 0 Å². The van der Waals surface area contributed by atoms with Crippen LogP contribution in [0.4, 0.5) is 0 Å². The van der Waals surface area contributed by atoms with Gasteiger partial charge in [0.2, 0.25) is 0 Å². The Hall–Kier alpha value is -2.20. The summed E-state index contributed by atoms with van der Waals surface area (Å²) in [5, 5.41) is 9.86. The topological polar surface area (TPSA) is 63.6 Å². The van der Waals surface area contributed by atoms with Crippen LogP contribution in [-0.2, 0) is 14.3 Å². The standard InChI is InChI=1S/C24H34O4/c1-21-15-9-4-2-5-10-16-22(25)17-11-6-3-7-12-18-23(26)19-13-8-14-20-24(27)28-21/h2-3,5,7-8,12-14,18,20-21,23,26H,4,6,9-11,15-17,19H2,1H3/b5-2+,7-3-,13-8+,18-12+,20-14-/t21?,23-/m1/s1. The highest BCUT2D eigenvalue weighted by Gasteiger charge is 2.05. The lowest BCUT2D eigenvalue weighted by Crippen LogP contribution is -2.12. The minimum atomic E-state index is -0.568. The number of cyclic esters (lactones) is 1. The Morgan fingerprint density at radius 3 is 2.50 bits per heavy atom. The van der Waals surface area contributed by atoms with Gasteiger partial charge in [0.05, 0.1) is 12.2 Å². The lowest BCUT2D eigenvalue weighted by Gasteiger charge is -2.10. The molecule has 154 valence electrons. The normalized spacial score (nSPS) is 30.4. The molecule has 1 unspecified atom stereocenters. The summed E-state index contributed by atoms with van der Waals surface area (Å²) in [4.78, 5) is 23.6. The van der Waals surface area contributed by atoms with E-state index >= 15 is 0 Å². The third kappa shape index (κ3) is 13.9. The fourth-order valence-electron chi connectivity index (χ4n) is 2.72. The summed E-state index contributed by atoms with van der Waals surface area (Å²) in [6, 6.07) is 0. The molecule has 0 spiro atoms. The minimum Gasteiger partial charge on any atom is -0.460 e. The predicted octanol–water partition coefficient (Wildman–Crippen LogP) is 5.15. The average molecular weight is 387 g/mol. The maximum absolute atomic E-state index is 11.8. The Labute approximate surface area is 169 Å². The number of hydrogen-bond donors (Lipinski definition) is 1. The van der Waals surface area contributed by atoms with E-state index in [9.17, 15) is 14.7 Å². The van der Waals surface area contributed by atoms with Crippen LogP contribution < -0.4 is 0 Å². The third-order valence-corrected chi connectivity index (χ3v) is 4.32. The molecule has 1 N–H and O–H groups in total. The molecular weight excluding hydrogens is 352 g/mol. The molecule has 28 heavy (non-hydrogen) atoms. The Morgan fingerprint density at radius 1 is 0.893 bits per heavy atom. The van der Waals surface area contributed by atoms with Crippen LogP contribution in [-0.4, -0.2) is 29.1 Å². The third-order valence-electron chi connectivity index (χ3n) is 4.32. The molecule has 0 radical (unpaired) electrons. The quantitative estimate of drug-likeness (QED) is 0.462. The molecule has 4 heteroatoms. The van der Waals surface area contributed by atoms with Gasteiger partial charge in [-0.15, -0.1) is 0 Å². The average Bonchev–Trinajstić information content (AvgIpc) is 2.65. The highest BCUT2D eigenvalue weighted by atomic mass is 16.5. The van der Waals surface area contributed by atoms with Gasteiger partial charge in [0, 0.05) is 18.9 Å². The number of ketones is 1. The van der Waals surface area contributed by atoms with Gasteiger partial charge in [0.15, 0.2) is 0 Å². The first kappa shape index (κ1) is 23.8. The monoisotopic (exact) mass is 386 g/mol. The van der Waals surface area contributed by atoms with Crippen molar-refractivity contribution >= 4 is 11.8 Å². The van der Waals surface area contributed by atoms with E-state index in [1.54, 1.807) is 18.2 Å². The van der Waals surface area contributed by atoms with E-state index in [2.05, 4.69) is 12.2 Å². The summed E-state index contributed by atoms with van der Waals surface area (Å²) < 4.78 is 5.33. The number of Topliss-reactive ketones (excluding diaryl/α,β-unsaturated/α-hetero) is 1. The maximum atomic E-state index is 11.8. The fraction of sp³-hybridized carbons (Fsp3) is 0.500. The number of esters is 1. The van der Waals surface area contributed by atoms with Gasteiger partial charge in [-0.2, -0.15) is 0 Å². The number of hydrogen-bond acceptors (Lipinski definition) is 4. The smallest absolute Gasteiger partial charge is 0.331 e. The molecule has 1 rings (SSSR count). The molecule has 0 saturated carbocycles. The number of carbonyl (C=O) groups is 2. The fourth-order valence-corrected chi connectivity index (χ4v) is 2.72. The highest BCUT2D eigenvalue weighted by molar-refractivity contribution is 5.82. The van der Waals surface area contributed by atoms with E-state index in [-0.39, 0.29) is 12.1 Å². The van der Waals surface area contributed by atoms with Crippen molar-refractivity contribution in [1.82, 2.24) is 0 Å². The molecule has 0 aromatic carbocycles. The van der Waals surface area contributed by atoms with Crippen LogP contribution in [0.1, 0.15) is 64.7 Å². The molecule has 0 bridgehead atoms. The van der Waals surface area contributed by atoms with Crippen molar-refractivity contribution in [2.24, 2.45) is 0 Å². The molecule has 1 heterocycles. The Balaban J connectivity index is 2.55. The van der Waals surface area contributed by atoms with Gasteiger partial charge in [0.1, 0.15) is 5.78 Å². The second-order valence-corrected chi connectivity index (χ2v) is 7.02. The second-order valence-electron chi connectivity index (χ2n) is 7.02. The van der Waals surface area contributed by atoms with Gasteiger partial charge in [-0.05, 0) is 51.9 Å². The molecule has 2 atom stereocenters. The largest absolute Gasteiger partial charge is 0.460 e. The van der Waals surface area contributed by atoms with E-state index in [1.165, 1.54) is 6.08 Å². The van der Waals surface area contributed by atoms with E-state index in [0.717, 1.165) is 38.5 Å². The van der Waals surface area contributed by atoms with Crippen LogP contribution in [0.3, 0.4) is 0 Å². The Morgan fingerprint density at radius 2 is 1.64 bits per heavy atom. The first-order chi connectivity index (χ1) is 13.6. The molecule has 1 aliphatic heterocycles. The highest BCUT2D eigenvalue weighted by Crippen LogP contribution is 2.08. The first-order valence-electron chi connectivity index (χ1n) is 10.3. The van der Waals surface area contributed by atoms with Crippen molar-refractivity contribution in [1.29, 1.82) is 0 Å². The summed E-state index contributed by atoms with van der Waals surface area (Å²) in [6.45, 7) is 1.89. The van der Waals surface area contributed by atoms with Crippen LogP contribution in [0.2, 0.25) is 0 Å².